The SMILES string of the molecule is CC(C)OC(=O)CCNC(=O)c1ccc(-c2ccccc2F)o1. The van der Waals surface area contributed by atoms with E-state index in [2.05, 4.69) is 5.32 Å². The lowest BCUT2D eigenvalue weighted by molar-refractivity contribution is -0.147. The van der Waals surface area contributed by atoms with E-state index in [4.69, 9.17) is 9.15 Å². The Labute approximate surface area is 133 Å². The van der Waals surface area contributed by atoms with Crippen LogP contribution in [0.3, 0.4) is 0 Å². The fraction of sp³-hybridized carbons (Fsp3) is 0.294. The third kappa shape index (κ3) is 4.67. The Kier molecular flexibility index (Phi) is 5.51. The molecule has 0 atom stereocenters. The van der Waals surface area contributed by atoms with Gasteiger partial charge < -0.3 is 14.5 Å². The van der Waals surface area contributed by atoms with Crippen molar-refractivity contribution in [3.63, 3.8) is 0 Å². The molecule has 1 aromatic carbocycles. The number of benzene rings is 1. The molecule has 23 heavy (non-hydrogen) atoms. The van der Waals surface area contributed by atoms with Crippen molar-refractivity contribution in [2.75, 3.05) is 6.54 Å². The number of ether oxygens (including phenoxy) is 1. The maximum absolute atomic E-state index is 13.7. The van der Waals surface area contributed by atoms with Crippen molar-refractivity contribution in [1.82, 2.24) is 5.32 Å². The van der Waals surface area contributed by atoms with Gasteiger partial charge in [-0.2, -0.15) is 0 Å². The van der Waals surface area contributed by atoms with Gasteiger partial charge in [-0.3, -0.25) is 9.59 Å². The lowest BCUT2D eigenvalue weighted by Crippen LogP contribution is -2.26. The Balaban J connectivity index is 1.92. The summed E-state index contributed by atoms with van der Waals surface area (Å²) in [5.74, 6) is -0.949. The number of halogens is 1. The van der Waals surface area contributed by atoms with E-state index >= 15 is 0 Å². The van der Waals surface area contributed by atoms with Gasteiger partial charge in [-0.15, -0.1) is 0 Å². The van der Waals surface area contributed by atoms with Crippen LogP contribution in [0.4, 0.5) is 4.39 Å². The Morgan fingerprint density at radius 2 is 1.96 bits per heavy atom. The highest BCUT2D eigenvalue weighted by Gasteiger charge is 2.14. The molecule has 122 valence electrons. The van der Waals surface area contributed by atoms with E-state index in [-0.39, 0.29) is 42.1 Å². The molecule has 0 spiro atoms. The highest BCUT2D eigenvalue weighted by atomic mass is 19.1. The largest absolute Gasteiger partial charge is 0.463 e. The molecule has 2 aromatic rings. The molecule has 2 rings (SSSR count). The summed E-state index contributed by atoms with van der Waals surface area (Å²) in [4.78, 5) is 23.3. The number of nitrogens with one attached hydrogen (secondary N) is 1. The minimum absolute atomic E-state index is 0.0560. The Morgan fingerprint density at radius 3 is 2.65 bits per heavy atom. The van der Waals surface area contributed by atoms with Crippen LogP contribution in [-0.4, -0.2) is 24.5 Å². The van der Waals surface area contributed by atoms with Crippen LogP contribution in [0.5, 0.6) is 0 Å². The van der Waals surface area contributed by atoms with Gasteiger partial charge in [-0.25, -0.2) is 4.39 Å². The minimum Gasteiger partial charge on any atom is -0.463 e. The van der Waals surface area contributed by atoms with Crippen molar-refractivity contribution in [2.45, 2.75) is 26.4 Å². The summed E-state index contributed by atoms with van der Waals surface area (Å²) in [5, 5.41) is 2.56. The summed E-state index contributed by atoms with van der Waals surface area (Å²) in [6, 6.07) is 9.13. The first-order valence-corrected chi connectivity index (χ1v) is 7.30. The van der Waals surface area contributed by atoms with Crippen molar-refractivity contribution in [3.8, 4) is 11.3 Å². The van der Waals surface area contributed by atoms with Crippen molar-refractivity contribution in [1.29, 1.82) is 0 Å². The zero-order chi connectivity index (χ0) is 16.8. The number of carbonyl (C=O) groups is 2. The molecule has 0 saturated carbocycles. The quantitative estimate of drug-likeness (QED) is 0.831. The molecule has 0 unspecified atom stereocenters. The number of esters is 1. The van der Waals surface area contributed by atoms with E-state index in [1.165, 1.54) is 18.2 Å². The third-order valence-corrected chi connectivity index (χ3v) is 2.95. The third-order valence-electron chi connectivity index (χ3n) is 2.95. The van der Waals surface area contributed by atoms with Gasteiger partial charge in [0.05, 0.1) is 18.1 Å². The van der Waals surface area contributed by atoms with Gasteiger partial charge in [0, 0.05) is 6.54 Å². The second-order valence-corrected chi connectivity index (χ2v) is 5.19. The zero-order valence-electron chi connectivity index (χ0n) is 13.0. The fourth-order valence-electron chi connectivity index (χ4n) is 1.95. The summed E-state index contributed by atoms with van der Waals surface area (Å²) < 4.78 is 24.0. The van der Waals surface area contributed by atoms with Gasteiger partial charge >= 0.3 is 5.97 Å². The molecule has 0 aliphatic heterocycles. The van der Waals surface area contributed by atoms with Crippen LogP contribution in [-0.2, 0) is 9.53 Å². The van der Waals surface area contributed by atoms with E-state index in [0.717, 1.165) is 0 Å². The van der Waals surface area contributed by atoms with Crippen LogP contribution in [0.1, 0.15) is 30.8 Å². The minimum atomic E-state index is -0.468. The van der Waals surface area contributed by atoms with Crippen LogP contribution in [0.25, 0.3) is 11.3 Å². The fourth-order valence-corrected chi connectivity index (χ4v) is 1.95. The van der Waals surface area contributed by atoms with Crippen LogP contribution >= 0.6 is 0 Å². The average molecular weight is 319 g/mol. The molecule has 0 aliphatic carbocycles. The molecule has 0 aliphatic rings. The normalized spacial score (nSPS) is 10.6. The smallest absolute Gasteiger partial charge is 0.307 e. The summed E-state index contributed by atoms with van der Waals surface area (Å²) in [6.45, 7) is 3.65. The molecule has 1 N–H and O–H groups in total. The van der Waals surface area contributed by atoms with E-state index in [1.54, 1.807) is 32.0 Å². The summed E-state index contributed by atoms with van der Waals surface area (Å²) in [5.41, 5.74) is 0.284. The van der Waals surface area contributed by atoms with Crippen LogP contribution in [0, 0.1) is 5.82 Å². The Morgan fingerprint density at radius 1 is 1.22 bits per heavy atom. The van der Waals surface area contributed by atoms with Crippen molar-refractivity contribution >= 4 is 11.9 Å². The van der Waals surface area contributed by atoms with Crippen LogP contribution < -0.4 is 5.32 Å². The van der Waals surface area contributed by atoms with Crippen molar-refractivity contribution < 1.29 is 23.1 Å². The number of rotatable bonds is 6. The average Bonchev–Trinajstić information content (AvgIpc) is 2.96. The second-order valence-electron chi connectivity index (χ2n) is 5.19. The Bertz CT molecular complexity index is 693. The molecular weight excluding hydrogens is 301 g/mol. The van der Waals surface area contributed by atoms with Crippen LogP contribution in [0.15, 0.2) is 40.8 Å². The zero-order valence-corrected chi connectivity index (χ0v) is 13.0. The second kappa shape index (κ2) is 7.58. The molecule has 0 radical (unpaired) electrons. The molecule has 0 fully saturated rings. The number of hydrogen-bond donors (Lipinski definition) is 1. The highest BCUT2D eigenvalue weighted by molar-refractivity contribution is 5.92. The Hall–Kier alpha value is -2.63. The van der Waals surface area contributed by atoms with E-state index in [9.17, 15) is 14.0 Å². The van der Waals surface area contributed by atoms with E-state index < -0.39 is 11.7 Å². The van der Waals surface area contributed by atoms with Gasteiger partial charge in [-0.1, -0.05) is 12.1 Å². The maximum atomic E-state index is 13.7. The molecule has 1 amide bonds. The monoisotopic (exact) mass is 319 g/mol. The first kappa shape index (κ1) is 16.7. The molecule has 6 heteroatoms. The van der Waals surface area contributed by atoms with E-state index in [1.807, 2.05) is 0 Å². The van der Waals surface area contributed by atoms with E-state index in [0.29, 0.717) is 0 Å². The number of hydrogen-bond acceptors (Lipinski definition) is 4. The number of amides is 1. The number of furan rings is 1. The van der Waals surface area contributed by atoms with Gasteiger partial charge in [0.15, 0.2) is 5.76 Å². The van der Waals surface area contributed by atoms with Crippen molar-refractivity contribution in [2.24, 2.45) is 0 Å². The van der Waals surface area contributed by atoms with Crippen LogP contribution in [0.2, 0.25) is 0 Å². The predicted molar refractivity (Wildman–Crippen MR) is 82.3 cm³/mol. The molecule has 0 saturated heterocycles. The van der Waals surface area contributed by atoms with Gasteiger partial charge in [0.1, 0.15) is 11.6 Å². The maximum Gasteiger partial charge on any atom is 0.307 e. The first-order valence-electron chi connectivity index (χ1n) is 7.30. The number of carbonyl (C=O) groups excluding carboxylic acids is 2. The molecular formula is C17H18FNO4. The van der Waals surface area contributed by atoms with Gasteiger partial charge in [0.2, 0.25) is 0 Å². The molecule has 1 aromatic heterocycles. The first-order chi connectivity index (χ1) is 11.0. The van der Waals surface area contributed by atoms with Gasteiger partial charge in [-0.05, 0) is 38.1 Å². The molecule has 5 nitrogen and oxygen atoms in total. The van der Waals surface area contributed by atoms with Crippen molar-refractivity contribution in [3.05, 3.63) is 48.0 Å². The molecule has 0 bridgehead atoms. The molecule has 1 heterocycles. The lowest BCUT2D eigenvalue weighted by atomic mass is 10.1. The van der Waals surface area contributed by atoms with Gasteiger partial charge in [0.25, 0.3) is 5.91 Å². The topological polar surface area (TPSA) is 68.5 Å². The summed E-state index contributed by atoms with van der Waals surface area (Å²) in [7, 11) is 0. The summed E-state index contributed by atoms with van der Waals surface area (Å²) >= 11 is 0. The standard InChI is InChI=1S/C17H18FNO4/c1-11(2)22-16(20)9-10-19-17(21)15-8-7-14(23-15)12-5-3-4-6-13(12)18/h3-8,11H,9-10H2,1-2H3,(H,19,21). The summed E-state index contributed by atoms with van der Waals surface area (Å²) in [6.07, 6.45) is -0.114. The lowest BCUT2D eigenvalue weighted by Gasteiger charge is -2.07. The highest BCUT2D eigenvalue weighted by Crippen LogP contribution is 2.24. The predicted octanol–water partition coefficient (Wildman–Crippen LogP) is 3.16.